The molecule has 1 aliphatic carbocycles. The molecular formula is C17H23N5O3S. The third kappa shape index (κ3) is 3.60. The molecule has 2 aliphatic rings. The Balaban J connectivity index is 1.50. The Morgan fingerprint density at radius 2 is 2.08 bits per heavy atom. The molecule has 0 atom stereocenters. The fraction of sp³-hybridized carbons (Fsp3) is 0.529. The molecule has 0 bridgehead atoms. The fourth-order valence-corrected chi connectivity index (χ4v) is 3.96. The summed E-state index contributed by atoms with van der Waals surface area (Å²) >= 11 is 0. The average molecular weight is 377 g/mol. The molecule has 2 aromatic rings. The van der Waals surface area contributed by atoms with Crippen LogP contribution in [0, 0.1) is 5.92 Å². The second-order valence-electron chi connectivity index (χ2n) is 7.08. The van der Waals surface area contributed by atoms with Crippen molar-refractivity contribution in [1.29, 1.82) is 0 Å². The average Bonchev–Trinajstić information content (AvgIpc) is 3.39. The van der Waals surface area contributed by atoms with Gasteiger partial charge in [0, 0.05) is 31.1 Å². The summed E-state index contributed by atoms with van der Waals surface area (Å²) in [5, 5.41) is 6.00. The number of aromatic nitrogens is 2. The highest BCUT2D eigenvalue weighted by Crippen LogP contribution is 2.46. The Morgan fingerprint density at radius 3 is 2.73 bits per heavy atom. The summed E-state index contributed by atoms with van der Waals surface area (Å²) < 4.78 is 29.7. The number of hydrogen-bond donors (Lipinski definition) is 2. The predicted octanol–water partition coefficient (Wildman–Crippen LogP) is 1.14. The Bertz CT molecular complexity index is 923. The molecule has 0 unspecified atom stereocenters. The number of anilines is 1. The van der Waals surface area contributed by atoms with Gasteiger partial charge in [0.2, 0.25) is 0 Å². The number of hydrogen-bond acceptors (Lipinski definition) is 6. The van der Waals surface area contributed by atoms with E-state index >= 15 is 0 Å². The van der Waals surface area contributed by atoms with Gasteiger partial charge < -0.3 is 9.64 Å². The third-order valence-electron chi connectivity index (χ3n) is 5.10. The van der Waals surface area contributed by atoms with Gasteiger partial charge >= 0.3 is 0 Å². The molecule has 0 radical (unpaired) electrons. The topological polar surface area (TPSA) is 110 Å². The zero-order valence-corrected chi connectivity index (χ0v) is 15.5. The van der Waals surface area contributed by atoms with Crippen LogP contribution in [-0.4, -0.2) is 45.1 Å². The van der Waals surface area contributed by atoms with Crippen LogP contribution in [0.1, 0.15) is 30.7 Å². The van der Waals surface area contributed by atoms with Crippen molar-refractivity contribution in [2.45, 2.75) is 25.2 Å². The van der Waals surface area contributed by atoms with E-state index in [9.17, 15) is 8.42 Å². The molecule has 1 aromatic heterocycles. The van der Waals surface area contributed by atoms with E-state index in [-0.39, 0.29) is 0 Å². The minimum atomic E-state index is -3.61. The number of fused-ring (bicyclic) bond motifs is 1. The van der Waals surface area contributed by atoms with E-state index in [4.69, 9.17) is 9.88 Å². The molecule has 1 saturated carbocycles. The maximum Gasteiger partial charge on any atom is 0.274 e. The predicted molar refractivity (Wildman–Crippen MR) is 99.5 cm³/mol. The van der Waals surface area contributed by atoms with Crippen LogP contribution in [0.15, 0.2) is 18.5 Å². The van der Waals surface area contributed by atoms with Gasteiger partial charge in [-0.3, -0.25) is 0 Å². The lowest BCUT2D eigenvalue weighted by atomic mass is 9.95. The monoisotopic (exact) mass is 377 g/mol. The van der Waals surface area contributed by atoms with E-state index in [2.05, 4.69) is 25.7 Å². The molecule has 2 fully saturated rings. The summed E-state index contributed by atoms with van der Waals surface area (Å²) in [6.45, 7) is 2.07. The van der Waals surface area contributed by atoms with Gasteiger partial charge in [-0.15, -0.1) is 0 Å². The van der Waals surface area contributed by atoms with E-state index in [0.717, 1.165) is 42.0 Å². The standard InChI is InChI=1S/C17H23N5O3S/c1-25-16-7-15-14(6-13(16)12-2-3-12)17(20-10-19-15)22-8-11(9-22)4-5-21-26(18,23)24/h6-7,10-12,21H,2-5,8-9H2,1H3,(H2,18,23,24). The molecule has 0 spiro atoms. The number of nitrogens with one attached hydrogen (secondary N) is 1. The molecule has 1 saturated heterocycles. The largest absolute Gasteiger partial charge is 0.496 e. The van der Waals surface area contributed by atoms with E-state index in [1.165, 1.54) is 18.4 Å². The summed E-state index contributed by atoms with van der Waals surface area (Å²) in [4.78, 5) is 11.1. The molecule has 140 valence electrons. The molecule has 2 heterocycles. The first-order valence-corrected chi connectivity index (χ1v) is 10.3. The molecule has 4 rings (SSSR count). The molecule has 26 heavy (non-hydrogen) atoms. The van der Waals surface area contributed by atoms with Crippen molar-refractivity contribution in [2.24, 2.45) is 11.1 Å². The number of nitrogens with two attached hydrogens (primary N) is 1. The second kappa shape index (κ2) is 6.64. The van der Waals surface area contributed by atoms with E-state index < -0.39 is 10.2 Å². The Hall–Kier alpha value is -1.97. The van der Waals surface area contributed by atoms with Gasteiger partial charge in [0.15, 0.2) is 0 Å². The van der Waals surface area contributed by atoms with Crippen LogP contribution in [0.2, 0.25) is 0 Å². The first kappa shape index (κ1) is 17.4. The number of benzene rings is 1. The first-order valence-electron chi connectivity index (χ1n) is 8.79. The van der Waals surface area contributed by atoms with Crippen LogP contribution in [0.3, 0.4) is 0 Å². The van der Waals surface area contributed by atoms with Crippen LogP contribution in [-0.2, 0) is 10.2 Å². The summed E-state index contributed by atoms with van der Waals surface area (Å²) in [5.41, 5.74) is 2.13. The minimum absolute atomic E-state index is 0.366. The van der Waals surface area contributed by atoms with Crippen LogP contribution < -0.4 is 19.5 Å². The van der Waals surface area contributed by atoms with E-state index in [1.807, 2.05) is 6.07 Å². The third-order valence-corrected chi connectivity index (χ3v) is 5.70. The van der Waals surface area contributed by atoms with Gasteiger partial charge in [-0.2, -0.15) is 8.42 Å². The maximum absolute atomic E-state index is 10.9. The van der Waals surface area contributed by atoms with Crippen LogP contribution in [0.5, 0.6) is 5.75 Å². The van der Waals surface area contributed by atoms with Crippen molar-refractivity contribution in [3.05, 3.63) is 24.0 Å². The maximum atomic E-state index is 10.9. The molecule has 1 aliphatic heterocycles. The molecule has 8 nitrogen and oxygen atoms in total. The summed E-state index contributed by atoms with van der Waals surface area (Å²) in [7, 11) is -1.91. The van der Waals surface area contributed by atoms with Crippen molar-refractivity contribution < 1.29 is 13.2 Å². The highest BCUT2D eigenvalue weighted by atomic mass is 32.2. The molecular weight excluding hydrogens is 354 g/mol. The number of nitrogens with zero attached hydrogens (tertiary/aromatic N) is 3. The molecule has 3 N–H and O–H groups in total. The minimum Gasteiger partial charge on any atom is -0.496 e. The van der Waals surface area contributed by atoms with Gasteiger partial charge in [-0.25, -0.2) is 19.8 Å². The Morgan fingerprint density at radius 1 is 1.31 bits per heavy atom. The van der Waals surface area contributed by atoms with Gasteiger partial charge in [-0.1, -0.05) is 0 Å². The number of ether oxygens (including phenoxy) is 1. The van der Waals surface area contributed by atoms with Crippen molar-refractivity contribution >= 4 is 26.9 Å². The summed E-state index contributed by atoms with van der Waals surface area (Å²) in [5.74, 6) is 2.85. The van der Waals surface area contributed by atoms with Crippen LogP contribution >= 0.6 is 0 Å². The Labute approximate surface area is 152 Å². The number of rotatable bonds is 7. The lowest BCUT2D eigenvalue weighted by Crippen LogP contribution is -2.48. The lowest BCUT2D eigenvalue weighted by Gasteiger charge is -2.40. The quantitative estimate of drug-likeness (QED) is 0.748. The van der Waals surface area contributed by atoms with Crippen LogP contribution in [0.4, 0.5) is 5.82 Å². The SMILES string of the molecule is COc1cc2ncnc(N3CC(CCNS(N)(=O)=O)C3)c2cc1C1CC1. The van der Waals surface area contributed by atoms with Crippen molar-refractivity contribution in [3.8, 4) is 5.75 Å². The fourth-order valence-electron chi connectivity index (χ4n) is 3.56. The van der Waals surface area contributed by atoms with Crippen molar-refractivity contribution in [3.63, 3.8) is 0 Å². The number of methoxy groups -OCH3 is 1. The molecule has 0 amide bonds. The van der Waals surface area contributed by atoms with Crippen LogP contribution in [0.25, 0.3) is 10.9 Å². The van der Waals surface area contributed by atoms with E-state index in [1.54, 1.807) is 13.4 Å². The zero-order valence-electron chi connectivity index (χ0n) is 14.7. The Kier molecular flexibility index (Phi) is 4.45. The second-order valence-corrected chi connectivity index (χ2v) is 8.46. The van der Waals surface area contributed by atoms with Crippen molar-refractivity contribution in [1.82, 2.24) is 14.7 Å². The van der Waals surface area contributed by atoms with E-state index in [0.29, 0.717) is 18.4 Å². The summed E-state index contributed by atoms with van der Waals surface area (Å²) in [6, 6.07) is 4.18. The first-order chi connectivity index (χ1) is 12.4. The zero-order chi connectivity index (χ0) is 18.3. The van der Waals surface area contributed by atoms with Gasteiger partial charge in [0.1, 0.15) is 17.9 Å². The van der Waals surface area contributed by atoms with Gasteiger partial charge in [0.05, 0.1) is 12.6 Å². The smallest absolute Gasteiger partial charge is 0.274 e. The normalized spacial score (nSPS) is 18.2. The molecule has 1 aromatic carbocycles. The van der Waals surface area contributed by atoms with Gasteiger partial charge in [-0.05, 0) is 42.7 Å². The lowest BCUT2D eigenvalue weighted by molar-refractivity contribution is 0.382. The summed E-state index contributed by atoms with van der Waals surface area (Å²) in [6.07, 6.45) is 4.75. The highest BCUT2D eigenvalue weighted by molar-refractivity contribution is 7.87. The highest BCUT2D eigenvalue weighted by Gasteiger charge is 2.31. The van der Waals surface area contributed by atoms with Gasteiger partial charge in [0.25, 0.3) is 10.2 Å². The molecule has 9 heteroatoms. The van der Waals surface area contributed by atoms with Crippen molar-refractivity contribution in [2.75, 3.05) is 31.6 Å².